The van der Waals surface area contributed by atoms with Crippen LogP contribution in [0.3, 0.4) is 0 Å². The third-order valence-corrected chi connectivity index (χ3v) is 2.65. The molecule has 1 aromatic rings. The average molecular weight is 191 g/mol. The van der Waals surface area contributed by atoms with Crippen molar-refractivity contribution in [3.8, 4) is 0 Å². The van der Waals surface area contributed by atoms with Crippen LogP contribution in [0.25, 0.3) is 0 Å². The summed E-state index contributed by atoms with van der Waals surface area (Å²) in [6.07, 6.45) is 1.87. The number of hydroxylamine groups is 1. The Bertz CT molecular complexity index is 349. The Kier molecular flexibility index (Phi) is 2.50. The minimum absolute atomic E-state index is 0.0360. The molecule has 3 nitrogen and oxygen atoms in total. The van der Waals surface area contributed by atoms with Crippen molar-refractivity contribution < 1.29 is 9.63 Å². The van der Waals surface area contributed by atoms with Crippen molar-refractivity contribution in [3.63, 3.8) is 0 Å². The number of hydrogen-bond donors (Lipinski definition) is 1. The lowest BCUT2D eigenvalue weighted by molar-refractivity contribution is -0.132. The van der Waals surface area contributed by atoms with Crippen molar-refractivity contribution in [2.24, 2.45) is 0 Å². The maximum Gasteiger partial charge on any atom is 0.251 e. The molecule has 0 spiro atoms. The maximum absolute atomic E-state index is 11.6. The van der Waals surface area contributed by atoms with E-state index in [9.17, 15) is 4.79 Å². The molecule has 0 heterocycles. The number of fused-ring (bicyclic) bond motifs is 1. The first-order valence-electron chi connectivity index (χ1n) is 4.73. The maximum atomic E-state index is 11.6. The zero-order valence-corrected chi connectivity index (χ0v) is 8.12. The minimum atomic E-state index is -0.0440. The lowest BCUT2D eigenvalue weighted by Crippen LogP contribution is -2.27. The van der Waals surface area contributed by atoms with Gasteiger partial charge in [-0.25, -0.2) is 5.48 Å². The van der Waals surface area contributed by atoms with Crippen LogP contribution in [0.15, 0.2) is 24.3 Å². The second kappa shape index (κ2) is 3.80. The van der Waals surface area contributed by atoms with Gasteiger partial charge < -0.3 is 0 Å². The summed E-state index contributed by atoms with van der Waals surface area (Å²) in [5, 5.41) is 0. The fourth-order valence-corrected chi connectivity index (χ4v) is 2.00. The third kappa shape index (κ3) is 1.51. The average Bonchev–Trinajstić information content (AvgIpc) is 2.61. The van der Waals surface area contributed by atoms with Gasteiger partial charge >= 0.3 is 0 Å². The van der Waals surface area contributed by atoms with Gasteiger partial charge in [-0.05, 0) is 24.0 Å². The highest BCUT2D eigenvalue weighted by Gasteiger charge is 2.27. The van der Waals surface area contributed by atoms with Crippen LogP contribution in [0.1, 0.15) is 23.5 Å². The van der Waals surface area contributed by atoms with E-state index in [0.717, 1.165) is 18.4 Å². The second-order valence-corrected chi connectivity index (χ2v) is 3.46. The molecular formula is C11H13NO2. The summed E-state index contributed by atoms with van der Waals surface area (Å²) in [6.45, 7) is 0. The molecule has 0 bridgehead atoms. The molecule has 0 radical (unpaired) electrons. The zero-order chi connectivity index (χ0) is 9.97. The van der Waals surface area contributed by atoms with E-state index < -0.39 is 0 Å². The summed E-state index contributed by atoms with van der Waals surface area (Å²) in [6, 6.07) is 8.07. The fraction of sp³-hybridized carbons (Fsp3) is 0.364. The number of carbonyl (C=O) groups is 1. The van der Waals surface area contributed by atoms with Crippen LogP contribution in [0.4, 0.5) is 0 Å². The molecule has 1 amide bonds. The quantitative estimate of drug-likeness (QED) is 0.717. The van der Waals surface area contributed by atoms with Gasteiger partial charge in [-0.3, -0.25) is 9.63 Å². The summed E-state index contributed by atoms with van der Waals surface area (Å²) >= 11 is 0. The van der Waals surface area contributed by atoms with E-state index in [2.05, 4.69) is 16.4 Å². The first-order valence-corrected chi connectivity index (χ1v) is 4.73. The predicted molar refractivity (Wildman–Crippen MR) is 52.7 cm³/mol. The Labute approximate surface area is 83.0 Å². The lowest BCUT2D eigenvalue weighted by atomic mass is 10.0. The van der Waals surface area contributed by atoms with Gasteiger partial charge in [-0.2, -0.15) is 0 Å². The Balaban J connectivity index is 2.21. The topological polar surface area (TPSA) is 38.3 Å². The lowest BCUT2D eigenvalue weighted by Gasteiger charge is -2.09. The molecule has 0 saturated heterocycles. The molecule has 14 heavy (non-hydrogen) atoms. The van der Waals surface area contributed by atoms with Crippen LogP contribution in [0.5, 0.6) is 0 Å². The first kappa shape index (κ1) is 9.21. The van der Waals surface area contributed by atoms with E-state index >= 15 is 0 Å². The van der Waals surface area contributed by atoms with Crippen LogP contribution < -0.4 is 5.48 Å². The van der Waals surface area contributed by atoms with E-state index in [1.165, 1.54) is 12.7 Å². The Morgan fingerprint density at radius 1 is 1.50 bits per heavy atom. The largest absolute Gasteiger partial charge is 0.277 e. The van der Waals surface area contributed by atoms with Gasteiger partial charge in [0.25, 0.3) is 5.91 Å². The van der Waals surface area contributed by atoms with Crippen molar-refractivity contribution in [2.45, 2.75) is 18.8 Å². The molecule has 2 rings (SSSR count). The van der Waals surface area contributed by atoms with E-state index in [1.54, 1.807) is 0 Å². The van der Waals surface area contributed by atoms with Crippen LogP contribution in [-0.4, -0.2) is 13.0 Å². The number of carbonyl (C=O) groups excluding carboxylic acids is 1. The molecule has 1 atom stereocenters. The monoisotopic (exact) mass is 191 g/mol. The van der Waals surface area contributed by atoms with Crippen LogP contribution >= 0.6 is 0 Å². The SMILES string of the molecule is CONC(=O)C1CCc2ccccc21. The van der Waals surface area contributed by atoms with Crippen molar-refractivity contribution in [2.75, 3.05) is 7.11 Å². The molecule has 3 heteroatoms. The van der Waals surface area contributed by atoms with Gasteiger partial charge in [0.1, 0.15) is 0 Å². The van der Waals surface area contributed by atoms with E-state index in [4.69, 9.17) is 0 Å². The fourth-order valence-electron chi connectivity index (χ4n) is 2.00. The highest BCUT2D eigenvalue weighted by molar-refractivity contribution is 5.84. The molecule has 0 aromatic heterocycles. The van der Waals surface area contributed by atoms with Gasteiger partial charge in [-0.15, -0.1) is 0 Å². The number of amides is 1. The normalized spacial score (nSPS) is 19.1. The zero-order valence-electron chi connectivity index (χ0n) is 8.12. The summed E-state index contributed by atoms with van der Waals surface area (Å²) in [7, 11) is 1.46. The van der Waals surface area contributed by atoms with Crippen LogP contribution in [-0.2, 0) is 16.1 Å². The summed E-state index contributed by atoms with van der Waals surface area (Å²) < 4.78 is 0. The van der Waals surface area contributed by atoms with Gasteiger partial charge in [0.2, 0.25) is 0 Å². The van der Waals surface area contributed by atoms with Crippen molar-refractivity contribution in [1.82, 2.24) is 5.48 Å². The third-order valence-electron chi connectivity index (χ3n) is 2.65. The van der Waals surface area contributed by atoms with E-state index in [-0.39, 0.29) is 11.8 Å². The molecule has 0 saturated carbocycles. The van der Waals surface area contributed by atoms with Gasteiger partial charge in [-0.1, -0.05) is 24.3 Å². The highest BCUT2D eigenvalue weighted by Crippen LogP contribution is 2.32. The number of rotatable bonds is 2. The highest BCUT2D eigenvalue weighted by atomic mass is 16.6. The number of nitrogens with one attached hydrogen (secondary N) is 1. The molecular weight excluding hydrogens is 178 g/mol. The second-order valence-electron chi connectivity index (χ2n) is 3.46. The summed E-state index contributed by atoms with van der Waals surface area (Å²) in [4.78, 5) is 16.2. The Hall–Kier alpha value is -1.35. The molecule has 1 unspecified atom stereocenters. The van der Waals surface area contributed by atoms with E-state index in [0.29, 0.717) is 0 Å². The van der Waals surface area contributed by atoms with Crippen LogP contribution in [0, 0.1) is 0 Å². The molecule has 1 aromatic carbocycles. The number of hydrogen-bond acceptors (Lipinski definition) is 2. The van der Waals surface area contributed by atoms with Gasteiger partial charge in [0.15, 0.2) is 0 Å². The van der Waals surface area contributed by atoms with Crippen molar-refractivity contribution >= 4 is 5.91 Å². The predicted octanol–water partition coefficient (Wildman–Crippen LogP) is 1.39. The Morgan fingerprint density at radius 2 is 2.29 bits per heavy atom. The van der Waals surface area contributed by atoms with Crippen molar-refractivity contribution in [3.05, 3.63) is 35.4 Å². The summed E-state index contributed by atoms with van der Waals surface area (Å²) in [5.74, 6) is -0.0800. The number of aryl methyl sites for hydroxylation is 1. The standard InChI is InChI=1S/C11H13NO2/c1-14-12-11(13)10-7-6-8-4-2-3-5-9(8)10/h2-5,10H,6-7H2,1H3,(H,12,13). The molecule has 1 aliphatic rings. The number of benzene rings is 1. The van der Waals surface area contributed by atoms with Crippen molar-refractivity contribution in [1.29, 1.82) is 0 Å². The smallest absolute Gasteiger partial charge is 0.251 e. The van der Waals surface area contributed by atoms with Gasteiger partial charge in [0, 0.05) is 0 Å². The molecule has 0 aliphatic heterocycles. The first-order chi connectivity index (χ1) is 6.83. The molecule has 1 N–H and O–H groups in total. The minimum Gasteiger partial charge on any atom is -0.277 e. The molecule has 0 fully saturated rings. The molecule has 1 aliphatic carbocycles. The van der Waals surface area contributed by atoms with E-state index in [1.807, 2.05) is 18.2 Å². The van der Waals surface area contributed by atoms with Gasteiger partial charge in [0.05, 0.1) is 13.0 Å². The van der Waals surface area contributed by atoms with Crippen LogP contribution in [0.2, 0.25) is 0 Å². The summed E-state index contributed by atoms with van der Waals surface area (Å²) in [5.41, 5.74) is 4.81. The Morgan fingerprint density at radius 3 is 3.07 bits per heavy atom. The molecule has 74 valence electrons.